The number of hydrogen-bond donors (Lipinski definition) is 1. The number of benzene rings is 2. The molecule has 0 aliphatic carbocycles. The number of carbonyl (C=O) groups excluding carboxylic acids is 1. The highest BCUT2D eigenvalue weighted by Gasteiger charge is 2.19. The van der Waals surface area contributed by atoms with Gasteiger partial charge in [-0.25, -0.2) is 4.98 Å². The van der Waals surface area contributed by atoms with E-state index in [1.807, 2.05) is 18.2 Å². The van der Waals surface area contributed by atoms with Crippen molar-refractivity contribution in [2.75, 3.05) is 44.6 Å². The predicted molar refractivity (Wildman–Crippen MR) is 131 cm³/mol. The first-order valence-electron chi connectivity index (χ1n) is 11.2. The molecule has 1 fully saturated rings. The van der Waals surface area contributed by atoms with Gasteiger partial charge in [0.25, 0.3) is 5.91 Å². The molecule has 2 aromatic carbocycles. The first-order chi connectivity index (χ1) is 15.9. The molecule has 7 heteroatoms. The maximum atomic E-state index is 13.0. The summed E-state index contributed by atoms with van der Waals surface area (Å²) in [5.41, 5.74) is 3.17. The fourth-order valence-corrected chi connectivity index (χ4v) is 4.27. The normalized spacial score (nSPS) is 14.3. The summed E-state index contributed by atoms with van der Waals surface area (Å²) >= 11 is 0. The average Bonchev–Trinajstić information content (AvgIpc) is 2.83. The minimum absolute atomic E-state index is 0.265. The van der Waals surface area contributed by atoms with Crippen molar-refractivity contribution in [3.05, 3.63) is 47.5 Å². The van der Waals surface area contributed by atoms with Crippen LogP contribution >= 0.6 is 0 Å². The SMILES string of the molecule is COc1cc(C(=O)Nc2ccc3nc(N4CCC(C)CC4)cc(C)c3c2)cc(OC)c1OC. The number of methoxy groups -OCH3 is 3. The second kappa shape index (κ2) is 9.57. The number of piperidine rings is 1. The number of aromatic nitrogens is 1. The van der Waals surface area contributed by atoms with Crippen LogP contribution in [-0.4, -0.2) is 45.3 Å². The molecule has 2 heterocycles. The van der Waals surface area contributed by atoms with Crippen LogP contribution in [0.3, 0.4) is 0 Å². The Bertz CT molecular complexity index is 1140. The van der Waals surface area contributed by atoms with Crippen molar-refractivity contribution in [2.45, 2.75) is 26.7 Å². The van der Waals surface area contributed by atoms with Gasteiger partial charge < -0.3 is 24.4 Å². The maximum Gasteiger partial charge on any atom is 0.255 e. The topological polar surface area (TPSA) is 72.9 Å². The van der Waals surface area contributed by atoms with Crippen molar-refractivity contribution in [1.29, 1.82) is 0 Å². The van der Waals surface area contributed by atoms with Gasteiger partial charge in [-0.15, -0.1) is 0 Å². The number of aryl methyl sites for hydroxylation is 1. The van der Waals surface area contributed by atoms with E-state index in [0.29, 0.717) is 28.5 Å². The molecule has 1 N–H and O–H groups in total. The summed E-state index contributed by atoms with van der Waals surface area (Å²) in [7, 11) is 4.58. The molecule has 4 rings (SSSR count). The highest BCUT2D eigenvalue weighted by molar-refractivity contribution is 6.06. The van der Waals surface area contributed by atoms with E-state index in [-0.39, 0.29) is 5.91 Å². The number of rotatable bonds is 6. The van der Waals surface area contributed by atoms with Crippen LogP contribution in [0, 0.1) is 12.8 Å². The standard InChI is InChI=1S/C26H31N3O4/c1-16-8-10-29(11-9-16)24-12-17(2)20-15-19(6-7-21(20)28-24)27-26(30)18-13-22(31-3)25(33-5)23(14-18)32-4/h6-7,12-16H,8-11H2,1-5H3,(H,27,30). The molecule has 1 amide bonds. The van der Waals surface area contributed by atoms with Gasteiger partial charge in [-0.1, -0.05) is 6.92 Å². The number of fused-ring (bicyclic) bond motifs is 1. The quantitative estimate of drug-likeness (QED) is 0.567. The summed E-state index contributed by atoms with van der Waals surface area (Å²) < 4.78 is 16.1. The molecule has 0 spiro atoms. The Morgan fingerprint density at radius 3 is 2.27 bits per heavy atom. The van der Waals surface area contributed by atoms with Crippen LogP contribution < -0.4 is 24.4 Å². The number of ether oxygens (including phenoxy) is 3. The molecule has 33 heavy (non-hydrogen) atoms. The number of carbonyl (C=O) groups is 1. The summed E-state index contributed by atoms with van der Waals surface area (Å²) in [4.78, 5) is 20.2. The van der Waals surface area contributed by atoms with Crippen molar-refractivity contribution >= 4 is 28.3 Å². The first kappa shape index (κ1) is 22.7. The van der Waals surface area contributed by atoms with Gasteiger partial charge >= 0.3 is 0 Å². The maximum absolute atomic E-state index is 13.0. The minimum atomic E-state index is -0.265. The molecule has 0 unspecified atom stereocenters. The van der Waals surface area contributed by atoms with Crippen LogP contribution in [0.25, 0.3) is 10.9 Å². The number of pyridine rings is 1. The van der Waals surface area contributed by atoms with E-state index in [9.17, 15) is 4.79 Å². The van der Waals surface area contributed by atoms with Crippen molar-refractivity contribution in [3.8, 4) is 17.2 Å². The smallest absolute Gasteiger partial charge is 0.255 e. The van der Waals surface area contributed by atoms with Gasteiger partial charge in [0.05, 0.1) is 26.8 Å². The molecule has 1 aliphatic heterocycles. The Hall–Kier alpha value is -3.48. The van der Waals surface area contributed by atoms with Crippen LogP contribution in [0.5, 0.6) is 17.2 Å². The lowest BCUT2D eigenvalue weighted by molar-refractivity contribution is 0.102. The molecule has 7 nitrogen and oxygen atoms in total. The molecule has 1 saturated heterocycles. The zero-order valence-electron chi connectivity index (χ0n) is 19.9. The van der Waals surface area contributed by atoms with E-state index in [1.54, 1.807) is 12.1 Å². The lowest BCUT2D eigenvalue weighted by Gasteiger charge is -2.31. The van der Waals surface area contributed by atoms with E-state index in [1.165, 1.54) is 34.2 Å². The van der Waals surface area contributed by atoms with E-state index in [4.69, 9.17) is 19.2 Å². The molecule has 0 saturated carbocycles. The largest absolute Gasteiger partial charge is 0.493 e. The van der Waals surface area contributed by atoms with Crippen molar-refractivity contribution < 1.29 is 19.0 Å². The monoisotopic (exact) mass is 449 g/mol. The Labute approximate surface area is 194 Å². The fraction of sp³-hybridized carbons (Fsp3) is 0.385. The molecule has 174 valence electrons. The predicted octanol–water partition coefficient (Wildman–Crippen LogP) is 5.06. The van der Waals surface area contributed by atoms with Gasteiger partial charge in [-0.05, 0) is 67.6 Å². The summed E-state index contributed by atoms with van der Waals surface area (Å²) in [5, 5.41) is 3.99. The van der Waals surface area contributed by atoms with E-state index < -0.39 is 0 Å². The van der Waals surface area contributed by atoms with Crippen LogP contribution in [-0.2, 0) is 0 Å². The van der Waals surface area contributed by atoms with Crippen LogP contribution in [0.15, 0.2) is 36.4 Å². The van der Waals surface area contributed by atoms with Gasteiger partial charge in [0.2, 0.25) is 5.75 Å². The number of anilines is 2. The Kier molecular flexibility index (Phi) is 6.58. The molecular formula is C26H31N3O4. The number of nitrogens with one attached hydrogen (secondary N) is 1. The molecule has 0 radical (unpaired) electrons. The second-order valence-corrected chi connectivity index (χ2v) is 8.57. The summed E-state index contributed by atoms with van der Waals surface area (Å²) in [6.45, 7) is 6.49. The Morgan fingerprint density at radius 1 is 1.00 bits per heavy atom. The lowest BCUT2D eigenvalue weighted by atomic mass is 9.99. The van der Waals surface area contributed by atoms with E-state index in [0.717, 1.165) is 41.3 Å². The number of amides is 1. The highest BCUT2D eigenvalue weighted by atomic mass is 16.5. The van der Waals surface area contributed by atoms with Crippen molar-refractivity contribution in [3.63, 3.8) is 0 Å². The third-order valence-electron chi connectivity index (χ3n) is 6.29. The third-order valence-corrected chi connectivity index (χ3v) is 6.29. The Balaban J connectivity index is 1.59. The van der Waals surface area contributed by atoms with Gasteiger partial charge in [0.1, 0.15) is 5.82 Å². The molecule has 1 aliphatic rings. The van der Waals surface area contributed by atoms with E-state index in [2.05, 4.69) is 30.1 Å². The van der Waals surface area contributed by atoms with Crippen LogP contribution in [0.2, 0.25) is 0 Å². The summed E-state index contributed by atoms with van der Waals surface area (Å²) in [5.74, 6) is 2.85. The molecular weight excluding hydrogens is 418 g/mol. The van der Waals surface area contributed by atoms with Crippen molar-refractivity contribution in [1.82, 2.24) is 4.98 Å². The van der Waals surface area contributed by atoms with E-state index >= 15 is 0 Å². The highest BCUT2D eigenvalue weighted by Crippen LogP contribution is 2.38. The van der Waals surface area contributed by atoms with Crippen molar-refractivity contribution in [2.24, 2.45) is 5.92 Å². The molecule has 1 aromatic heterocycles. The molecule has 0 atom stereocenters. The summed E-state index contributed by atoms with van der Waals surface area (Å²) in [6, 6.07) is 11.2. The summed E-state index contributed by atoms with van der Waals surface area (Å²) in [6.07, 6.45) is 2.40. The second-order valence-electron chi connectivity index (χ2n) is 8.57. The Morgan fingerprint density at radius 2 is 1.67 bits per heavy atom. The fourth-order valence-electron chi connectivity index (χ4n) is 4.27. The van der Waals surface area contributed by atoms with Gasteiger partial charge in [0, 0.05) is 29.7 Å². The first-order valence-corrected chi connectivity index (χ1v) is 11.2. The van der Waals surface area contributed by atoms with Gasteiger partial charge in [-0.3, -0.25) is 4.79 Å². The zero-order valence-corrected chi connectivity index (χ0v) is 19.9. The van der Waals surface area contributed by atoms with Crippen LogP contribution in [0.1, 0.15) is 35.7 Å². The zero-order chi connectivity index (χ0) is 23.5. The molecule has 0 bridgehead atoms. The average molecular weight is 450 g/mol. The lowest BCUT2D eigenvalue weighted by Crippen LogP contribution is -2.33. The van der Waals surface area contributed by atoms with Gasteiger partial charge in [0.15, 0.2) is 11.5 Å². The van der Waals surface area contributed by atoms with Crippen LogP contribution in [0.4, 0.5) is 11.5 Å². The van der Waals surface area contributed by atoms with Gasteiger partial charge in [-0.2, -0.15) is 0 Å². The number of hydrogen-bond acceptors (Lipinski definition) is 6. The number of nitrogens with zero attached hydrogens (tertiary/aromatic N) is 2. The third kappa shape index (κ3) is 4.67. The minimum Gasteiger partial charge on any atom is -0.493 e. The molecule has 3 aromatic rings.